The molecule has 0 unspecified atom stereocenters. The Labute approximate surface area is 96.6 Å². The van der Waals surface area contributed by atoms with Gasteiger partial charge in [-0.15, -0.1) is 0 Å². The summed E-state index contributed by atoms with van der Waals surface area (Å²) in [6.45, 7) is 2.17. The molecule has 90 valence electrons. The van der Waals surface area contributed by atoms with E-state index in [0.29, 0.717) is 30.4 Å². The van der Waals surface area contributed by atoms with Gasteiger partial charge in [0.25, 0.3) is 0 Å². The second-order valence-electron chi connectivity index (χ2n) is 3.60. The second kappa shape index (κ2) is 4.90. The van der Waals surface area contributed by atoms with Crippen LogP contribution in [-0.4, -0.2) is 16.7 Å². The number of hydrogen-bond acceptors (Lipinski definition) is 4. The molecule has 0 saturated heterocycles. The van der Waals surface area contributed by atoms with Crippen LogP contribution >= 0.6 is 0 Å². The van der Waals surface area contributed by atoms with Gasteiger partial charge < -0.3 is 9.84 Å². The fraction of sp³-hybridized carbons (Fsp3) is 0.273. The quantitative estimate of drug-likeness (QED) is 0.889. The molecule has 0 aliphatic carbocycles. The van der Waals surface area contributed by atoms with Crippen molar-refractivity contribution in [3.05, 3.63) is 41.2 Å². The smallest absolute Gasteiger partial charge is 0.321 e. The lowest BCUT2D eigenvalue weighted by molar-refractivity contribution is 0.425. The predicted octanol–water partition coefficient (Wildman–Crippen LogP) is 2.31. The lowest BCUT2D eigenvalue weighted by atomic mass is 10.1. The Bertz CT molecular complexity index is 493. The number of hydrogen-bond donors (Lipinski definition) is 1. The normalized spacial score (nSPS) is 10.5. The van der Waals surface area contributed by atoms with Gasteiger partial charge in [-0.05, 0) is 31.0 Å². The molecule has 1 aromatic carbocycles. The van der Waals surface area contributed by atoms with Gasteiger partial charge in [-0.25, -0.2) is 8.78 Å². The largest absolute Gasteiger partial charge is 0.337 e. The van der Waals surface area contributed by atoms with E-state index < -0.39 is 11.6 Å². The van der Waals surface area contributed by atoms with Gasteiger partial charge in [0.15, 0.2) is 5.82 Å². The van der Waals surface area contributed by atoms with Gasteiger partial charge in [-0.3, -0.25) is 0 Å². The topological polar surface area (TPSA) is 51.0 Å². The van der Waals surface area contributed by atoms with E-state index in [0.717, 1.165) is 6.07 Å². The van der Waals surface area contributed by atoms with Gasteiger partial charge in [0, 0.05) is 12.6 Å². The lowest BCUT2D eigenvalue weighted by Gasteiger charge is -2.02. The third-order valence-electron chi connectivity index (χ3n) is 2.14. The molecule has 17 heavy (non-hydrogen) atoms. The highest BCUT2D eigenvalue weighted by Gasteiger charge is 2.03. The van der Waals surface area contributed by atoms with Crippen molar-refractivity contribution in [3.63, 3.8) is 0 Å². The molecule has 0 spiro atoms. The molecule has 0 aliphatic heterocycles. The molecule has 2 aromatic rings. The molecule has 0 aliphatic rings. The predicted molar refractivity (Wildman–Crippen MR) is 57.6 cm³/mol. The van der Waals surface area contributed by atoms with E-state index in [-0.39, 0.29) is 0 Å². The summed E-state index contributed by atoms with van der Waals surface area (Å²) in [5, 5.41) is 6.47. The minimum absolute atomic E-state index is 0.305. The van der Waals surface area contributed by atoms with Gasteiger partial charge in [-0.2, -0.15) is 4.98 Å². The molecular formula is C11H11F2N3O. The molecule has 1 N–H and O–H groups in total. The molecule has 2 rings (SSSR count). The van der Waals surface area contributed by atoms with Crippen LogP contribution in [0.25, 0.3) is 0 Å². The molecule has 6 heteroatoms. The van der Waals surface area contributed by atoms with Crippen molar-refractivity contribution in [2.24, 2.45) is 0 Å². The van der Waals surface area contributed by atoms with Crippen LogP contribution in [0.3, 0.4) is 0 Å². The number of rotatable bonds is 4. The summed E-state index contributed by atoms with van der Waals surface area (Å²) in [6, 6.07) is 3.74. The number of nitrogens with zero attached hydrogens (tertiary/aromatic N) is 2. The minimum atomic E-state index is -0.575. The van der Waals surface area contributed by atoms with E-state index in [1.54, 1.807) is 6.92 Å². The Hall–Kier alpha value is -1.98. The highest BCUT2D eigenvalue weighted by atomic mass is 19.1. The number of nitrogens with one attached hydrogen (secondary N) is 1. The Morgan fingerprint density at radius 1 is 1.24 bits per heavy atom. The zero-order chi connectivity index (χ0) is 12.3. The van der Waals surface area contributed by atoms with Gasteiger partial charge >= 0.3 is 6.01 Å². The first-order valence-electron chi connectivity index (χ1n) is 5.12. The van der Waals surface area contributed by atoms with Gasteiger partial charge in [0.2, 0.25) is 0 Å². The first-order chi connectivity index (χ1) is 8.13. The summed E-state index contributed by atoms with van der Waals surface area (Å²) in [5.74, 6) is -0.619. The van der Waals surface area contributed by atoms with Crippen LogP contribution in [0.15, 0.2) is 22.7 Å². The van der Waals surface area contributed by atoms with Crippen LogP contribution in [-0.2, 0) is 6.42 Å². The number of anilines is 1. The lowest BCUT2D eigenvalue weighted by Crippen LogP contribution is -2.05. The highest BCUT2D eigenvalue weighted by molar-refractivity contribution is 5.22. The molecular weight excluding hydrogens is 228 g/mol. The highest BCUT2D eigenvalue weighted by Crippen LogP contribution is 2.09. The fourth-order valence-electron chi connectivity index (χ4n) is 1.44. The van der Waals surface area contributed by atoms with Gasteiger partial charge in [0.1, 0.15) is 11.6 Å². The van der Waals surface area contributed by atoms with Crippen molar-refractivity contribution in [1.29, 1.82) is 0 Å². The van der Waals surface area contributed by atoms with E-state index >= 15 is 0 Å². The van der Waals surface area contributed by atoms with Crippen LogP contribution in [0, 0.1) is 18.6 Å². The van der Waals surface area contributed by atoms with E-state index in [1.165, 1.54) is 12.1 Å². The molecule has 0 bridgehead atoms. The summed E-state index contributed by atoms with van der Waals surface area (Å²) in [6.07, 6.45) is 0.468. The number of aromatic nitrogens is 2. The second-order valence-corrected chi connectivity index (χ2v) is 3.60. The van der Waals surface area contributed by atoms with Crippen molar-refractivity contribution in [2.75, 3.05) is 11.9 Å². The van der Waals surface area contributed by atoms with Crippen LogP contribution in [0.1, 0.15) is 11.4 Å². The maximum absolute atomic E-state index is 12.9. The summed E-state index contributed by atoms with van der Waals surface area (Å²) >= 11 is 0. The first kappa shape index (κ1) is 11.5. The third-order valence-corrected chi connectivity index (χ3v) is 2.14. The molecule has 0 fully saturated rings. The van der Waals surface area contributed by atoms with Crippen LogP contribution in [0.2, 0.25) is 0 Å². The number of aryl methyl sites for hydroxylation is 1. The molecule has 0 amide bonds. The minimum Gasteiger partial charge on any atom is -0.337 e. The van der Waals surface area contributed by atoms with E-state index in [2.05, 4.69) is 15.5 Å². The van der Waals surface area contributed by atoms with Crippen LogP contribution in [0.4, 0.5) is 14.8 Å². The zero-order valence-corrected chi connectivity index (χ0v) is 9.20. The van der Waals surface area contributed by atoms with E-state index in [1.807, 2.05) is 0 Å². The van der Waals surface area contributed by atoms with Crippen LogP contribution < -0.4 is 5.32 Å². The molecule has 4 nitrogen and oxygen atoms in total. The SMILES string of the molecule is Cc1noc(NCCc2cc(F)cc(F)c2)n1. The molecule has 0 radical (unpaired) electrons. The summed E-state index contributed by atoms with van der Waals surface area (Å²) in [7, 11) is 0. The Morgan fingerprint density at radius 3 is 2.53 bits per heavy atom. The maximum atomic E-state index is 12.9. The molecule has 1 heterocycles. The monoisotopic (exact) mass is 239 g/mol. The molecule has 0 saturated carbocycles. The van der Waals surface area contributed by atoms with Gasteiger partial charge in [0.05, 0.1) is 0 Å². The number of benzene rings is 1. The van der Waals surface area contributed by atoms with E-state index in [9.17, 15) is 8.78 Å². The summed E-state index contributed by atoms with van der Waals surface area (Å²) in [4.78, 5) is 3.94. The van der Waals surface area contributed by atoms with Crippen molar-refractivity contribution in [3.8, 4) is 0 Å². The maximum Gasteiger partial charge on any atom is 0.321 e. The zero-order valence-electron chi connectivity index (χ0n) is 9.20. The average Bonchev–Trinajstić information content (AvgIpc) is 2.63. The number of halogens is 2. The standard InChI is InChI=1S/C11H11F2N3O/c1-7-15-11(17-16-7)14-3-2-8-4-9(12)6-10(13)5-8/h4-6H,2-3H2,1H3,(H,14,15,16). The third kappa shape index (κ3) is 3.24. The Morgan fingerprint density at radius 2 is 1.94 bits per heavy atom. The van der Waals surface area contributed by atoms with Crippen molar-refractivity contribution in [1.82, 2.24) is 10.1 Å². The van der Waals surface area contributed by atoms with Gasteiger partial charge in [-0.1, -0.05) is 5.16 Å². The summed E-state index contributed by atoms with van der Waals surface area (Å²) < 4.78 is 30.6. The van der Waals surface area contributed by atoms with Crippen molar-refractivity contribution in [2.45, 2.75) is 13.3 Å². The molecule has 1 aromatic heterocycles. The average molecular weight is 239 g/mol. The summed E-state index contributed by atoms with van der Waals surface area (Å²) in [5.41, 5.74) is 0.575. The van der Waals surface area contributed by atoms with Crippen LogP contribution in [0.5, 0.6) is 0 Å². The fourth-order valence-corrected chi connectivity index (χ4v) is 1.44. The molecule has 0 atom stereocenters. The first-order valence-corrected chi connectivity index (χ1v) is 5.12. The Balaban J connectivity index is 1.89. The van der Waals surface area contributed by atoms with Crippen molar-refractivity contribution >= 4 is 6.01 Å². The Kier molecular flexibility index (Phi) is 3.32. The van der Waals surface area contributed by atoms with Crippen molar-refractivity contribution < 1.29 is 13.3 Å². The van der Waals surface area contributed by atoms with E-state index in [4.69, 9.17) is 4.52 Å².